The SMILES string of the molecule is CSc1nnc(SCCC(C)(NC(C)C)C(N)=O)s1. The van der Waals surface area contributed by atoms with Crippen molar-refractivity contribution < 1.29 is 4.79 Å². The zero-order chi connectivity index (χ0) is 14.5. The van der Waals surface area contributed by atoms with Gasteiger partial charge in [0, 0.05) is 11.8 Å². The molecule has 19 heavy (non-hydrogen) atoms. The van der Waals surface area contributed by atoms with Gasteiger partial charge in [0.25, 0.3) is 0 Å². The first-order valence-electron chi connectivity index (χ1n) is 5.95. The second-order valence-electron chi connectivity index (χ2n) is 4.63. The van der Waals surface area contributed by atoms with Gasteiger partial charge >= 0.3 is 0 Å². The molecule has 0 aliphatic carbocycles. The number of nitrogens with one attached hydrogen (secondary N) is 1. The summed E-state index contributed by atoms with van der Waals surface area (Å²) < 4.78 is 1.89. The molecule has 5 nitrogen and oxygen atoms in total. The number of primary amides is 1. The number of nitrogens with two attached hydrogens (primary N) is 1. The van der Waals surface area contributed by atoms with Crippen molar-refractivity contribution in [3.8, 4) is 0 Å². The van der Waals surface area contributed by atoms with E-state index >= 15 is 0 Å². The Balaban J connectivity index is 2.50. The summed E-state index contributed by atoms with van der Waals surface area (Å²) in [6.07, 6.45) is 2.64. The van der Waals surface area contributed by atoms with E-state index in [0.29, 0.717) is 6.42 Å². The van der Waals surface area contributed by atoms with Crippen LogP contribution < -0.4 is 11.1 Å². The fourth-order valence-electron chi connectivity index (χ4n) is 1.58. The molecule has 0 aromatic carbocycles. The monoisotopic (exact) mass is 320 g/mol. The highest BCUT2D eigenvalue weighted by Crippen LogP contribution is 2.28. The number of rotatable bonds is 8. The summed E-state index contributed by atoms with van der Waals surface area (Å²) in [5, 5.41) is 11.4. The normalized spacial score (nSPS) is 14.6. The molecule has 1 atom stereocenters. The lowest BCUT2D eigenvalue weighted by atomic mass is 9.97. The zero-order valence-corrected chi connectivity index (χ0v) is 14.0. The van der Waals surface area contributed by atoms with E-state index in [9.17, 15) is 4.79 Å². The zero-order valence-electron chi connectivity index (χ0n) is 11.6. The lowest BCUT2D eigenvalue weighted by Crippen LogP contribution is -2.55. The summed E-state index contributed by atoms with van der Waals surface area (Å²) in [4.78, 5) is 11.6. The molecular formula is C11H20N4OS3. The third-order valence-corrected chi connectivity index (χ3v) is 5.58. The van der Waals surface area contributed by atoms with Crippen LogP contribution in [0.25, 0.3) is 0 Å². The van der Waals surface area contributed by atoms with Crippen LogP contribution in [0.4, 0.5) is 0 Å². The molecule has 0 saturated heterocycles. The van der Waals surface area contributed by atoms with Crippen molar-refractivity contribution in [3.05, 3.63) is 0 Å². The number of aromatic nitrogens is 2. The van der Waals surface area contributed by atoms with Gasteiger partial charge in [0.2, 0.25) is 5.91 Å². The molecule has 0 fully saturated rings. The van der Waals surface area contributed by atoms with E-state index in [2.05, 4.69) is 15.5 Å². The average molecular weight is 321 g/mol. The van der Waals surface area contributed by atoms with Crippen molar-refractivity contribution in [2.24, 2.45) is 5.73 Å². The van der Waals surface area contributed by atoms with Gasteiger partial charge in [-0.25, -0.2) is 0 Å². The van der Waals surface area contributed by atoms with Gasteiger partial charge in [-0.05, 0) is 33.4 Å². The lowest BCUT2D eigenvalue weighted by molar-refractivity contribution is -0.124. The average Bonchev–Trinajstić information content (AvgIpc) is 2.75. The summed E-state index contributed by atoms with van der Waals surface area (Å²) >= 11 is 4.77. The van der Waals surface area contributed by atoms with Gasteiger partial charge in [0.05, 0.1) is 5.54 Å². The molecule has 1 amide bonds. The molecule has 0 saturated carbocycles. The first kappa shape index (κ1) is 16.7. The van der Waals surface area contributed by atoms with Crippen molar-refractivity contribution >= 4 is 40.8 Å². The van der Waals surface area contributed by atoms with Crippen LogP contribution in [0.2, 0.25) is 0 Å². The maximum atomic E-state index is 11.6. The molecule has 0 aliphatic heterocycles. The van der Waals surface area contributed by atoms with E-state index in [1.807, 2.05) is 27.0 Å². The van der Waals surface area contributed by atoms with Crippen LogP contribution in [0.15, 0.2) is 8.68 Å². The molecule has 1 unspecified atom stereocenters. The van der Waals surface area contributed by atoms with Crippen LogP contribution in [0.3, 0.4) is 0 Å². The van der Waals surface area contributed by atoms with E-state index in [1.165, 1.54) is 0 Å². The maximum absolute atomic E-state index is 11.6. The minimum atomic E-state index is -0.672. The van der Waals surface area contributed by atoms with Crippen LogP contribution in [-0.4, -0.2) is 39.7 Å². The number of carbonyl (C=O) groups is 1. The Morgan fingerprint density at radius 2 is 2.11 bits per heavy atom. The number of hydrogen-bond donors (Lipinski definition) is 2. The molecule has 3 N–H and O–H groups in total. The predicted octanol–water partition coefficient (Wildman–Crippen LogP) is 1.98. The number of nitrogens with zero attached hydrogens (tertiary/aromatic N) is 2. The largest absolute Gasteiger partial charge is 0.368 e. The van der Waals surface area contributed by atoms with Gasteiger partial charge < -0.3 is 11.1 Å². The molecule has 1 rings (SSSR count). The molecule has 0 radical (unpaired) electrons. The van der Waals surface area contributed by atoms with Gasteiger partial charge in [-0.15, -0.1) is 10.2 Å². The van der Waals surface area contributed by atoms with Crippen LogP contribution in [0, 0.1) is 0 Å². The molecule has 1 heterocycles. The molecule has 8 heteroatoms. The van der Waals surface area contributed by atoms with Crippen molar-refractivity contribution in [1.82, 2.24) is 15.5 Å². The summed E-state index contributed by atoms with van der Waals surface area (Å²) in [6.45, 7) is 5.86. The van der Waals surface area contributed by atoms with Crippen LogP contribution in [0.1, 0.15) is 27.2 Å². The lowest BCUT2D eigenvalue weighted by Gasteiger charge is -2.29. The highest BCUT2D eigenvalue weighted by Gasteiger charge is 2.31. The van der Waals surface area contributed by atoms with Crippen molar-refractivity contribution in [2.45, 2.75) is 47.5 Å². The minimum absolute atomic E-state index is 0.215. The molecule has 1 aromatic rings. The summed E-state index contributed by atoms with van der Waals surface area (Å²) in [6, 6.07) is 0.215. The smallest absolute Gasteiger partial charge is 0.237 e. The van der Waals surface area contributed by atoms with Crippen molar-refractivity contribution in [3.63, 3.8) is 0 Å². The summed E-state index contributed by atoms with van der Waals surface area (Å²) in [5.74, 6) is 0.464. The number of thioether (sulfide) groups is 2. The Labute approximate surface area is 126 Å². The van der Waals surface area contributed by atoms with E-state index in [1.54, 1.807) is 34.9 Å². The molecule has 0 bridgehead atoms. The third-order valence-electron chi connectivity index (χ3n) is 2.54. The topological polar surface area (TPSA) is 80.9 Å². The van der Waals surface area contributed by atoms with Crippen LogP contribution in [0.5, 0.6) is 0 Å². The quantitative estimate of drug-likeness (QED) is 0.713. The Hall–Kier alpha value is -0.310. The molecular weight excluding hydrogens is 300 g/mol. The van der Waals surface area contributed by atoms with Crippen molar-refractivity contribution in [1.29, 1.82) is 0 Å². The standard InChI is InChI=1S/C11H20N4OS3/c1-7(2)13-11(3,8(12)16)5-6-18-10-15-14-9(17-4)19-10/h7,13H,5-6H2,1-4H3,(H2,12,16). The highest BCUT2D eigenvalue weighted by molar-refractivity contribution is 8.02. The number of hydrogen-bond acceptors (Lipinski definition) is 7. The minimum Gasteiger partial charge on any atom is -0.368 e. The fourth-order valence-corrected chi connectivity index (χ4v) is 4.25. The van der Waals surface area contributed by atoms with Crippen molar-refractivity contribution in [2.75, 3.05) is 12.0 Å². The fraction of sp³-hybridized carbons (Fsp3) is 0.727. The Bertz CT molecular complexity index is 424. The van der Waals surface area contributed by atoms with Crippen LogP contribution >= 0.6 is 34.9 Å². The predicted molar refractivity (Wildman–Crippen MR) is 82.9 cm³/mol. The molecule has 0 spiro atoms. The highest BCUT2D eigenvalue weighted by atomic mass is 32.2. The Morgan fingerprint density at radius 3 is 2.58 bits per heavy atom. The van der Waals surface area contributed by atoms with Gasteiger partial charge in [-0.2, -0.15) is 0 Å². The summed E-state index contributed by atoms with van der Waals surface area (Å²) in [5.41, 5.74) is 4.81. The van der Waals surface area contributed by atoms with E-state index < -0.39 is 5.54 Å². The maximum Gasteiger partial charge on any atom is 0.237 e. The number of carbonyl (C=O) groups excluding carboxylic acids is 1. The third kappa shape index (κ3) is 5.29. The number of amides is 1. The summed E-state index contributed by atoms with van der Waals surface area (Å²) in [7, 11) is 0. The molecule has 0 aliphatic rings. The van der Waals surface area contributed by atoms with E-state index in [4.69, 9.17) is 5.73 Å². The van der Waals surface area contributed by atoms with Gasteiger partial charge in [0.15, 0.2) is 8.68 Å². The van der Waals surface area contributed by atoms with Gasteiger partial charge in [-0.3, -0.25) is 4.79 Å². The Morgan fingerprint density at radius 1 is 1.47 bits per heavy atom. The molecule has 108 valence electrons. The second kappa shape index (κ2) is 7.47. The van der Waals surface area contributed by atoms with Gasteiger partial charge in [-0.1, -0.05) is 34.9 Å². The van der Waals surface area contributed by atoms with E-state index in [0.717, 1.165) is 14.4 Å². The van der Waals surface area contributed by atoms with Gasteiger partial charge in [0.1, 0.15) is 0 Å². The second-order valence-corrected chi connectivity index (χ2v) is 8.00. The van der Waals surface area contributed by atoms with Crippen LogP contribution in [-0.2, 0) is 4.79 Å². The first-order chi connectivity index (χ1) is 8.87. The Kier molecular flexibility index (Phi) is 6.58. The van der Waals surface area contributed by atoms with E-state index in [-0.39, 0.29) is 11.9 Å². The molecule has 1 aromatic heterocycles. The first-order valence-corrected chi connectivity index (χ1v) is 8.98.